The highest BCUT2D eigenvalue weighted by molar-refractivity contribution is 5.87. The van der Waals surface area contributed by atoms with Gasteiger partial charge in [-0.25, -0.2) is 9.98 Å². The van der Waals surface area contributed by atoms with E-state index in [9.17, 15) is 0 Å². The first-order valence-electron chi connectivity index (χ1n) is 12.0. The molecule has 1 saturated heterocycles. The van der Waals surface area contributed by atoms with E-state index in [-0.39, 0.29) is 12.1 Å². The Labute approximate surface area is 169 Å². The molecule has 3 aliphatic heterocycles. The van der Waals surface area contributed by atoms with E-state index >= 15 is 0 Å². The molecular formula is C23H37N3O2. The Balaban J connectivity index is 1.19. The molecule has 1 N–H and O–H groups in total. The predicted octanol–water partition coefficient (Wildman–Crippen LogP) is 4.25. The number of piperidine rings is 1. The van der Waals surface area contributed by atoms with Gasteiger partial charge in [0.15, 0.2) is 0 Å². The second-order valence-corrected chi connectivity index (χ2v) is 9.69. The van der Waals surface area contributed by atoms with Crippen LogP contribution in [0.4, 0.5) is 0 Å². The first-order chi connectivity index (χ1) is 13.9. The second-order valence-electron chi connectivity index (χ2n) is 9.69. The van der Waals surface area contributed by atoms with Crippen molar-refractivity contribution < 1.29 is 9.47 Å². The smallest absolute Gasteiger partial charge is 0.201 e. The van der Waals surface area contributed by atoms with Gasteiger partial charge in [-0.15, -0.1) is 0 Å². The molecule has 3 fully saturated rings. The number of nitrogens with one attached hydrogen (secondary N) is 1. The van der Waals surface area contributed by atoms with E-state index in [1.807, 2.05) is 0 Å². The summed E-state index contributed by atoms with van der Waals surface area (Å²) in [5, 5.41) is 3.77. The van der Waals surface area contributed by atoms with Crippen LogP contribution in [-0.4, -0.2) is 49.2 Å². The topological polar surface area (TPSA) is 55.2 Å². The van der Waals surface area contributed by atoms with Crippen LogP contribution in [0.3, 0.4) is 0 Å². The highest BCUT2D eigenvalue weighted by Gasteiger charge is 2.37. The third-order valence-electron chi connectivity index (χ3n) is 7.76. The van der Waals surface area contributed by atoms with Gasteiger partial charge >= 0.3 is 0 Å². The number of nitrogens with zero attached hydrogens (tertiary/aromatic N) is 2. The van der Waals surface area contributed by atoms with Crippen molar-refractivity contribution in [1.29, 1.82) is 0 Å². The van der Waals surface area contributed by atoms with E-state index in [1.165, 1.54) is 70.6 Å². The first kappa shape index (κ1) is 18.9. The number of hydrogen-bond acceptors (Lipinski definition) is 5. The Bertz CT molecular complexity index is 543. The van der Waals surface area contributed by atoms with Crippen molar-refractivity contribution in [1.82, 2.24) is 5.32 Å². The van der Waals surface area contributed by atoms with Crippen LogP contribution in [0.1, 0.15) is 83.5 Å². The molecule has 3 heterocycles. The van der Waals surface area contributed by atoms with Crippen molar-refractivity contribution in [2.24, 2.45) is 21.8 Å². The fourth-order valence-electron chi connectivity index (χ4n) is 6.04. The molecule has 5 heteroatoms. The van der Waals surface area contributed by atoms with E-state index in [4.69, 9.17) is 19.5 Å². The van der Waals surface area contributed by atoms with E-state index < -0.39 is 0 Å². The van der Waals surface area contributed by atoms with Gasteiger partial charge < -0.3 is 9.47 Å². The highest BCUT2D eigenvalue weighted by atomic mass is 16.5. The molecule has 4 atom stereocenters. The van der Waals surface area contributed by atoms with Gasteiger partial charge in [-0.1, -0.05) is 38.5 Å². The predicted molar refractivity (Wildman–Crippen MR) is 112 cm³/mol. The highest BCUT2D eigenvalue weighted by Crippen LogP contribution is 2.32. The lowest BCUT2D eigenvalue weighted by molar-refractivity contribution is 0.225. The van der Waals surface area contributed by atoms with E-state index in [1.54, 1.807) is 0 Å². The molecule has 5 nitrogen and oxygen atoms in total. The minimum atomic E-state index is 0.243. The molecule has 0 radical (unpaired) electrons. The van der Waals surface area contributed by atoms with Crippen molar-refractivity contribution in [3.8, 4) is 0 Å². The van der Waals surface area contributed by atoms with Crippen LogP contribution in [-0.2, 0) is 9.47 Å². The Morgan fingerprint density at radius 1 is 0.571 bits per heavy atom. The number of aliphatic imine (C=N–C) groups is 2. The first-order valence-corrected chi connectivity index (χ1v) is 12.0. The third-order valence-corrected chi connectivity index (χ3v) is 7.76. The third kappa shape index (κ3) is 4.10. The molecule has 5 rings (SSSR count). The van der Waals surface area contributed by atoms with E-state index in [0.717, 1.165) is 49.7 Å². The summed E-state index contributed by atoms with van der Waals surface area (Å²) in [4.78, 5) is 10.1. The molecule has 0 bridgehead atoms. The van der Waals surface area contributed by atoms with Gasteiger partial charge in [-0.2, -0.15) is 0 Å². The normalized spacial score (nSPS) is 37.9. The molecule has 2 aliphatic carbocycles. The SMILES string of the molecule is C1CCC(C2COC(C3CCCC(C4=NC(C5CCCCC5)CO4)N3)=N2)CC1. The van der Waals surface area contributed by atoms with Crippen LogP contribution in [0, 0.1) is 11.8 Å². The largest absolute Gasteiger partial charge is 0.478 e. The molecule has 0 aromatic heterocycles. The van der Waals surface area contributed by atoms with Gasteiger partial charge in [-0.3, -0.25) is 5.32 Å². The summed E-state index contributed by atoms with van der Waals surface area (Å²) in [7, 11) is 0. The number of ether oxygens (including phenoxy) is 2. The maximum atomic E-state index is 6.09. The average Bonchev–Trinajstić information content (AvgIpc) is 3.46. The minimum Gasteiger partial charge on any atom is -0.478 e. The van der Waals surface area contributed by atoms with Crippen LogP contribution in [0.15, 0.2) is 9.98 Å². The molecule has 0 spiro atoms. The lowest BCUT2D eigenvalue weighted by Gasteiger charge is -2.29. The zero-order chi connectivity index (χ0) is 18.8. The molecule has 4 unspecified atom stereocenters. The molecule has 0 amide bonds. The fraction of sp³-hybridized carbons (Fsp3) is 0.913. The molecular weight excluding hydrogens is 350 g/mol. The average molecular weight is 388 g/mol. The summed E-state index contributed by atoms with van der Waals surface area (Å²) >= 11 is 0. The summed E-state index contributed by atoms with van der Waals surface area (Å²) in [6.07, 6.45) is 17.0. The van der Waals surface area contributed by atoms with Crippen molar-refractivity contribution in [2.75, 3.05) is 13.2 Å². The molecule has 2 saturated carbocycles. The van der Waals surface area contributed by atoms with Crippen LogP contribution < -0.4 is 5.32 Å². The number of hydrogen-bond donors (Lipinski definition) is 1. The van der Waals surface area contributed by atoms with Gasteiger partial charge in [0.1, 0.15) is 13.2 Å². The quantitative estimate of drug-likeness (QED) is 0.784. The molecule has 156 valence electrons. The summed E-state index contributed by atoms with van der Waals surface area (Å²) in [6, 6.07) is 1.28. The maximum absolute atomic E-state index is 6.09. The Morgan fingerprint density at radius 3 is 1.50 bits per heavy atom. The van der Waals surface area contributed by atoms with Gasteiger partial charge in [0.2, 0.25) is 11.8 Å². The molecule has 5 aliphatic rings. The van der Waals surface area contributed by atoms with Crippen molar-refractivity contribution >= 4 is 11.8 Å². The van der Waals surface area contributed by atoms with Gasteiger partial charge in [0, 0.05) is 0 Å². The molecule has 0 aromatic carbocycles. The lowest BCUT2D eigenvalue weighted by atomic mass is 9.84. The summed E-state index contributed by atoms with van der Waals surface area (Å²) in [6.45, 7) is 1.59. The minimum absolute atomic E-state index is 0.243. The zero-order valence-corrected chi connectivity index (χ0v) is 17.3. The van der Waals surface area contributed by atoms with Gasteiger partial charge in [0.25, 0.3) is 0 Å². The fourth-order valence-corrected chi connectivity index (χ4v) is 6.04. The Hall–Kier alpha value is -1.10. The molecule has 28 heavy (non-hydrogen) atoms. The zero-order valence-electron chi connectivity index (χ0n) is 17.3. The summed E-state index contributed by atoms with van der Waals surface area (Å²) in [5.74, 6) is 3.40. The monoisotopic (exact) mass is 387 g/mol. The Kier molecular flexibility index (Phi) is 5.89. The van der Waals surface area contributed by atoms with Crippen LogP contribution in [0.25, 0.3) is 0 Å². The Morgan fingerprint density at radius 2 is 1.04 bits per heavy atom. The van der Waals surface area contributed by atoms with Gasteiger partial charge in [0.05, 0.1) is 24.2 Å². The van der Waals surface area contributed by atoms with E-state index in [2.05, 4.69) is 5.32 Å². The summed E-state index contributed by atoms with van der Waals surface area (Å²) < 4.78 is 12.2. The lowest BCUT2D eigenvalue weighted by Crippen LogP contribution is -2.50. The summed E-state index contributed by atoms with van der Waals surface area (Å²) in [5.41, 5.74) is 0. The van der Waals surface area contributed by atoms with Crippen molar-refractivity contribution in [2.45, 2.75) is 108 Å². The standard InChI is InChI=1S/C23H37N3O2/c1-3-8-16(9-4-1)20-14-27-22(25-20)18-12-7-13-19(24-18)23-26-21(15-28-23)17-10-5-2-6-11-17/h16-21,24H,1-15H2. The van der Waals surface area contributed by atoms with Crippen molar-refractivity contribution in [3.05, 3.63) is 0 Å². The van der Waals surface area contributed by atoms with Crippen molar-refractivity contribution in [3.63, 3.8) is 0 Å². The van der Waals surface area contributed by atoms with Crippen LogP contribution in [0.2, 0.25) is 0 Å². The van der Waals surface area contributed by atoms with Crippen LogP contribution in [0.5, 0.6) is 0 Å². The second kappa shape index (κ2) is 8.73. The maximum Gasteiger partial charge on any atom is 0.201 e. The van der Waals surface area contributed by atoms with Crippen LogP contribution >= 0.6 is 0 Å². The molecule has 0 aromatic rings. The number of rotatable bonds is 4. The van der Waals surface area contributed by atoms with Gasteiger partial charge in [-0.05, 0) is 56.8 Å². The van der Waals surface area contributed by atoms with E-state index in [0.29, 0.717) is 12.1 Å².